The molecule has 1 amide bonds. The Hall–Kier alpha value is -1.29. The lowest BCUT2D eigenvalue weighted by atomic mass is 10.4. The van der Waals surface area contributed by atoms with E-state index in [0.717, 1.165) is 5.76 Å². The number of nitrogens with one attached hydrogen (secondary N) is 1. The van der Waals surface area contributed by atoms with E-state index in [1.807, 2.05) is 7.05 Å². The monoisotopic (exact) mass is 182 g/mol. The molecule has 0 radical (unpaired) electrons. The Bertz CT molecular complexity index is 292. The van der Waals surface area contributed by atoms with Crippen LogP contribution in [0, 0.1) is 0 Å². The molecule has 4 nitrogen and oxygen atoms in total. The van der Waals surface area contributed by atoms with Crippen LogP contribution < -0.4 is 5.32 Å². The van der Waals surface area contributed by atoms with Gasteiger partial charge in [0.15, 0.2) is 5.76 Å². The van der Waals surface area contributed by atoms with Crippen LogP contribution in [0.3, 0.4) is 0 Å². The molecule has 0 fully saturated rings. The Labute approximate surface area is 77.5 Å². The number of carbonyl (C=O) groups excluding carboxylic acids is 1. The van der Waals surface area contributed by atoms with E-state index in [-0.39, 0.29) is 5.91 Å². The highest BCUT2D eigenvalue weighted by Crippen LogP contribution is 2.08. The largest absolute Gasteiger partial charge is 0.455 e. The second-order valence-corrected chi connectivity index (χ2v) is 3.00. The fourth-order valence-corrected chi connectivity index (χ4v) is 0.982. The van der Waals surface area contributed by atoms with Crippen LogP contribution in [-0.2, 0) is 6.54 Å². The Balaban J connectivity index is 2.73. The molecule has 1 rings (SSSR count). The smallest absolute Gasteiger partial charge is 0.289 e. The highest BCUT2D eigenvalue weighted by molar-refractivity contribution is 5.91. The number of carbonyl (C=O) groups is 1. The van der Waals surface area contributed by atoms with Gasteiger partial charge in [-0.1, -0.05) is 0 Å². The zero-order valence-electron chi connectivity index (χ0n) is 8.13. The van der Waals surface area contributed by atoms with Crippen LogP contribution in [0.1, 0.15) is 16.3 Å². The minimum Gasteiger partial charge on any atom is -0.455 e. The molecule has 1 aromatic heterocycles. The van der Waals surface area contributed by atoms with Gasteiger partial charge in [-0.05, 0) is 19.2 Å². The lowest BCUT2D eigenvalue weighted by Gasteiger charge is -2.06. The quantitative estimate of drug-likeness (QED) is 0.748. The van der Waals surface area contributed by atoms with Crippen molar-refractivity contribution in [3.05, 3.63) is 23.7 Å². The fourth-order valence-electron chi connectivity index (χ4n) is 0.982. The summed E-state index contributed by atoms with van der Waals surface area (Å²) in [5.74, 6) is 1.05. The summed E-state index contributed by atoms with van der Waals surface area (Å²) in [5.41, 5.74) is 0. The van der Waals surface area contributed by atoms with Crippen molar-refractivity contribution >= 4 is 5.91 Å². The van der Waals surface area contributed by atoms with Gasteiger partial charge in [0.2, 0.25) is 0 Å². The van der Waals surface area contributed by atoms with Crippen LogP contribution in [-0.4, -0.2) is 32.0 Å². The maximum absolute atomic E-state index is 11.4. The zero-order chi connectivity index (χ0) is 9.84. The van der Waals surface area contributed by atoms with E-state index in [0.29, 0.717) is 12.3 Å². The fraction of sp³-hybridized carbons (Fsp3) is 0.444. The van der Waals surface area contributed by atoms with Crippen LogP contribution >= 0.6 is 0 Å². The van der Waals surface area contributed by atoms with E-state index in [2.05, 4.69) is 5.32 Å². The van der Waals surface area contributed by atoms with Gasteiger partial charge in [-0.15, -0.1) is 0 Å². The summed E-state index contributed by atoms with van der Waals surface area (Å²) in [6.07, 6.45) is 0. The van der Waals surface area contributed by atoms with Gasteiger partial charge in [0.1, 0.15) is 5.76 Å². The molecule has 0 bridgehead atoms. The standard InChI is InChI=1S/C9H14N2O2/c1-10-6-7-4-5-8(13-7)9(12)11(2)3/h4-5,10H,6H2,1-3H3. The molecule has 13 heavy (non-hydrogen) atoms. The number of furan rings is 1. The first-order valence-corrected chi connectivity index (χ1v) is 4.10. The lowest BCUT2D eigenvalue weighted by Crippen LogP contribution is -2.20. The Morgan fingerprint density at radius 2 is 2.23 bits per heavy atom. The molecule has 0 aliphatic rings. The van der Waals surface area contributed by atoms with E-state index in [9.17, 15) is 4.79 Å². The van der Waals surface area contributed by atoms with Gasteiger partial charge in [-0.25, -0.2) is 0 Å². The molecular weight excluding hydrogens is 168 g/mol. The molecule has 0 aliphatic carbocycles. The summed E-state index contributed by atoms with van der Waals surface area (Å²) in [6, 6.07) is 3.49. The van der Waals surface area contributed by atoms with E-state index < -0.39 is 0 Å². The van der Waals surface area contributed by atoms with Crippen molar-refractivity contribution in [3.8, 4) is 0 Å². The SMILES string of the molecule is CNCc1ccc(C(=O)N(C)C)o1. The van der Waals surface area contributed by atoms with Gasteiger partial charge in [-0.2, -0.15) is 0 Å². The molecule has 1 aromatic rings. The van der Waals surface area contributed by atoms with Crippen molar-refractivity contribution in [2.75, 3.05) is 21.1 Å². The van der Waals surface area contributed by atoms with Crippen molar-refractivity contribution in [2.45, 2.75) is 6.54 Å². The number of amides is 1. The summed E-state index contributed by atoms with van der Waals surface area (Å²) in [5, 5.41) is 2.95. The molecule has 0 aromatic carbocycles. The lowest BCUT2D eigenvalue weighted by molar-refractivity contribution is 0.0794. The molecular formula is C9H14N2O2. The van der Waals surface area contributed by atoms with Gasteiger partial charge < -0.3 is 14.6 Å². The zero-order valence-corrected chi connectivity index (χ0v) is 8.13. The Morgan fingerprint density at radius 1 is 1.54 bits per heavy atom. The topological polar surface area (TPSA) is 45.5 Å². The summed E-state index contributed by atoms with van der Waals surface area (Å²) < 4.78 is 5.29. The second-order valence-electron chi connectivity index (χ2n) is 3.00. The third kappa shape index (κ3) is 2.32. The molecule has 1 heterocycles. The highest BCUT2D eigenvalue weighted by atomic mass is 16.4. The summed E-state index contributed by atoms with van der Waals surface area (Å²) in [7, 11) is 5.22. The van der Waals surface area contributed by atoms with Crippen LogP contribution in [0.2, 0.25) is 0 Å². The van der Waals surface area contributed by atoms with E-state index in [4.69, 9.17) is 4.42 Å². The average molecular weight is 182 g/mol. The molecule has 4 heteroatoms. The predicted molar refractivity (Wildman–Crippen MR) is 49.5 cm³/mol. The first kappa shape index (κ1) is 9.80. The molecule has 0 aliphatic heterocycles. The number of hydrogen-bond donors (Lipinski definition) is 1. The first-order valence-electron chi connectivity index (χ1n) is 4.10. The number of hydrogen-bond acceptors (Lipinski definition) is 3. The Morgan fingerprint density at radius 3 is 2.77 bits per heavy atom. The van der Waals surface area contributed by atoms with Gasteiger partial charge in [-0.3, -0.25) is 4.79 Å². The van der Waals surface area contributed by atoms with Crippen LogP contribution in [0.5, 0.6) is 0 Å². The van der Waals surface area contributed by atoms with Crippen molar-refractivity contribution in [1.82, 2.24) is 10.2 Å². The molecule has 0 saturated heterocycles. The van der Waals surface area contributed by atoms with E-state index in [1.54, 1.807) is 26.2 Å². The van der Waals surface area contributed by atoms with Crippen LogP contribution in [0.25, 0.3) is 0 Å². The maximum atomic E-state index is 11.4. The predicted octanol–water partition coefficient (Wildman–Crippen LogP) is 0.701. The minimum absolute atomic E-state index is 0.109. The van der Waals surface area contributed by atoms with E-state index in [1.165, 1.54) is 4.90 Å². The molecule has 0 spiro atoms. The summed E-state index contributed by atoms with van der Waals surface area (Å²) >= 11 is 0. The van der Waals surface area contributed by atoms with Crippen molar-refractivity contribution in [1.29, 1.82) is 0 Å². The first-order chi connectivity index (χ1) is 6.15. The molecule has 0 saturated carbocycles. The average Bonchev–Trinajstić information content (AvgIpc) is 2.52. The highest BCUT2D eigenvalue weighted by Gasteiger charge is 2.12. The van der Waals surface area contributed by atoms with Crippen molar-refractivity contribution < 1.29 is 9.21 Å². The normalized spacial score (nSPS) is 10.1. The van der Waals surface area contributed by atoms with Gasteiger partial charge in [0, 0.05) is 14.1 Å². The second kappa shape index (κ2) is 4.09. The summed E-state index contributed by atoms with van der Waals surface area (Å²) in [4.78, 5) is 12.9. The summed E-state index contributed by atoms with van der Waals surface area (Å²) in [6.45, 7) is 0.640. The van der Waals surface area contributed by atoms with Gasteiger partial charge in [0.25, 0.3) is 5.91 Å². The minimum atomic E-state index is -0.109. The van der Waals surface area contributed by atoms with Crippen LogP contribution in [0.4, 0.5) is 0 Å². The van der Waals surface area contributed by atoms with Crippen LogP contribution in [0.15, 0.2) is 16.5 Å². The Kier molecular flexibility index (Phi) is 3.08. The number of nitrogens with zero attached hydrogens (tertiary/aromatic N) is 1. The van der Waals surface area contributed by atoms with Gasteiger partial charge in [0.05, 0.1) is 6.54 Å². The number of rotatable bonds is 3. The molecule has 72 valence electrons. The molecule has 0 unspecified atom stereocenters. The molecule has 1 N–H and O–H groups in total. The van der Waals surface area contributed by atoms with Crippen molar-refractivity contribution in [2.24, 2.45) is 0 Å². The van der Waals surface area contributed by atoms with Crippen molar-refractivity contribution in [3.63, 3.8) is 0 Å². The maximum Gasteiger partial charge on any atom is 0.289 e. The third-order valence-electron chi connectivity index (χ3n) is 1.63. The molecule has 0 atom stereocenters. The third-order valence-corrected chi connectivity index (χ3v) is 1.63. The van der Waals surface area contributed by atoms with Gasteiger partial charge >= 0.3 is 0 Å². The van der Waals surface area contributed by atoms with E-state index >= 15 is 0 Å².